The number of aliphatic hydroxyl groups is 1. The van der Waals surface area contributed by atoms with Crippen LogP contribution in [-0.2, 0) is 13.6 Å². The molecule has 4 nitrogen and oxygen atoms in total. The fraction of sp³-hybridized carbons (Fsp3) is 0.769. The van der Waals surface area contributed by atoms with Gasteiger partial charge in [0.25, 0.3) is 0 Å². The number of nitrogens with one attached hydrogen (secondary N) is 1. The summed E-state index contributed by atoms with van der Waals surface area (Å²) in [5.74, 6) is 0. The highest BCUT2D eigenvalue weighted by Crippen LogP contribution is 2.26. The van der Waals surface area contributed by atoms with Crippen molar-refractivity contribution in [3.8, 4) is 0 Å². The minimum absolute atomic E-state index is 0.491. The Morgan fingerprint density at radius 2 is 2.06 bits per heavy atom. The van der Waals surface area contributed by atoms with Crippen molar-refractivity contribution < 1.29 is 5.11 Å². The molecule has 1 fully saturated rings. The standard InChI is InChI=1S/C13H23N3O/c1-16-12(6-9-15-16)10-14-11-13(17)7-4-2-3-5-8-13/h6,9,14,17H,2-5,7-8,10-11H2,1H3. The zero-order valence-corrected chi connectivity index (χ0v) is 10.7. The summed E-state index contributed by atoms with van der Waals surface area (Å²) < 4.78 is 1.87. The monoisotopic (exact) mass is 237 g/mol. The minimum Gasteiger partial charge on any atom is -0.389 e. The predicted octanol–water partition coefficient (Wildman–Crippen LogP) is 1.59. The zero-order chi connectivity index (χ0) is 12.1. The van der Waals surface area contributed by atoms with Crippen LogP contribution >= 0.6 is 0 Å². The second-order valence-electron chi connectivity index (χ2n) is 5.19. The Kier molecular flexibility index (Phi) is 4.18. The van der Waals surface area contributed by atoms with Crippen LogP contribution < -0.4 is 5.32 Å². The number of hydrogen-bond donors (Lipinski definition) is 2. The molecule has 0 aromatic carbocycles. The SMILES string of the molecule is Cn1nccc1CNCC1(O)CCCCCC1. The van der Waals surface area contributed by atoms with Crippen molar-refractivity contribution in [3.05, 3.63) is 18.0 Å². The second kappa shape index (κ2) is 5.65. The summed E-state index contributed by atoms with van der Waals surface area (Å²) in [5, 5.41) is 17.9. The van der Waals surface area contributed by atoms with Gasteiger partial charge in [-0.1, -0.05) is 25.7 Å². The van der Waals surface area contributed by atoms with E-state index in [4.69, 9.17) is 0 Å². The van der Waals surface area contributed by atoms with Crippen molar-refractivity contribution in [1.29, 1.82) is 0 Å². The van der Waals surface area contributed by atoms with E-state index in [1.54, 1.807) is 6.20 Å². The number of rotatable bonds is 4. The van der Waals surface area contributed by atoms with Crippen molar-refractivity contribution in [2.24, 2.45) is 7.05 Å². The van der Waals surface area contributed by atoms with Crippen LogP contribution in [0.25, 0.3) is 0 Å². The molecule has 0 radical (unpaired) electrons. The molecule has 0 saturated heterocycles. The van der Waals surface area contributed by atoms with Crippen LogP contribution in [0.15, 0.2) is 12.3 Å². The Hall–Kier alpha value is -0.870. The zero-order valence-electron chi connectivity index (χ0n) is 10.7. The Morgan fingerprint density at radius 3 is 2.65 bits per heavy atom. The Balaban J connectivity index is 1.79. The van der Waals surface area contributed by atoms with Gasteiger partial charge in [0.1, 0.15) is 0 Å². The van der Waals surface area contributed by atoms with Gasteiger partial charge in [0.15, 0.2) is 0 Å². The van der Waals surface area contributed by atoms with E-state index in [1.165, 1.54) is 12.8 Å². The average Bonchev–Trinajstić information content (AvgIpc) is 2.58. The summed E-state index contributed by atoms with van der Waals surface area (Å²) >= 11 is 0. The molecular weight excluding hydrogens is 214 g/mol. The van der Waals surface area contributed by atoms with E-state index < -0.39 is 5.60 Å². The van der Waals surface area contributed by atoms with Gasteiger partial charge in [0.2, 0.25) is 0 Å². The van der Waals surface area contributed by atoms with E-state index in [-0.39, 0.29) is 0 Å². The first-order valence-electron chi connectivity index (χ1n) is 6.60. The molecule has 1 aromatic rings. The molecule has 1 heterocycles. The van der Waals surface area contributed by atoms with Crippen molar-refractivity contribution in [2.75, 3.05) is 6.54 Å². The largest absolute Gasteiger partial charge is 0.389 e. The molecule has 0 bridgehead atoms. The van der Waals surface area contributed by atoms with Gasteiger partial charge < -0.3 is 10.4 Å². The average molecular weight is 237 g/mol. The molecule has 2 N–H and O–H groups in total. The van der Waals surface area contributed by atoms with Crippen LogP contribution in [0, 0.1) is 0 Å². The van der Waals surface area contributed by atoms with Crippen LogP contribution in [0.1, 0.15) is 44.2 Å². The predicted molar refractivity (Wildman–Crippen MR) is 67.6 cm³/mol. The smallest absolute Gasteiger partial charge is 0.0771 e. The van der Waals surface area contributed by atoms with Gasteiger partial charge in [-0.2, -0.15) is 5.10 Å². The molecule has 0 amide bonds. The molecular formula is C13H23N3O. The highest BCUT2D eigenvalue weighted by molar-refractivity contribution is 4.99. The fourth-order valence-corrected chi connectivity index (χ4v) is 2.56. The van der Waals surface area contributed by atoms with Crippen molar-refractivity contribution in [3.63, 3.8) is 0 Å². The van der Waals surface area contributed by atoms with E-state index in [1.807, 2.05) is 17.8 Å². The molecule has 1 aliphatic carbocycles. The molecule has 4 heteroatoms. The highest BCUT2D eigenvalue weighted by atomic mass is 16.3. The number of aryl methyl sites for hydroxylation is 1. The third-order valence-corrected chi connectivity index (χ3v) is 3.72. The normalized spacial score (nSPS) is 20.1. The van der Waals surface area contributed by atoms with Crippen LogP contribution in [0.3, 0.4) is 0 Å². The molecule has 17 heavy (non-hydrogen) atoms. The van der Waals surface area contributed by atoms with Gasteiger partial charge in [-0.15, -0.1) is 0 Å². The molecule has 1 aromatic heterocycles. The summed E-state index contributed by atoms with van der Waals surface area (Å²) in [4.78, 5) is 0. The summed E-state index contributed by atoms with van der Waals surface area (Å²) in [7, 11) is 1.94. The second-order valence-corrected chi connectivity index (χ2v) is 5.19. The van der Waals surface area contributed by atoms with E-state index in [2.05, 4.69) is 10.4 Å². The first kappa shape index (κ1) is 12.6. The summed E-state index contributed by atoms with van der Waals surface area (Å²) in [6, 6.07) is 2.00. The van der Waals surface area contributed by atoms with E-state index in [0.29, 0.717) is 6.54 Å². The van der Waals surface area contributed by atoms with E-state index >= 15 is 0 Å². The number of nitrogens with zero attached hydrogens (tertiary/aromatic N) is 2. The first-order valence-corrected chi connectivity index (χ1v) is 6.60. The van der Waals surface area contributed by atoms with Gasteiger partial charge >= 0.3 is 0 Å². The molecule has 1 aliphatic rings. The van der Waals surface area contributed by atoms with Gasteiger partial charge in [0.05, 0.1) is 11.3 Å². The molecule has 96 valence electrons. The van der Waals surface area contributed by atoms with Gasteiger partial charge in [0, 0.05) is 26.3 Å². The molecule has 0 atom stereocenters. The lowest BCUT2D eigenvalue weighted by atomic mass is 9.94. The third kappa shape index (κ3) is 3.54. The molecule has 1 saturated carbocycles. The fourth-order valence-electron chi connectivity index (χ4n) is 2.56. The molecule has 0 spiro atoms. The van der Waals surface area contributed by atoms with Crippen LogP contribution in [0.2, 0.25) is 0 Å². The summed E-state index contributed by atoms with van der Waals surface area (Å²) in [6.07, 6.45) is 8.52. The van der Waals surface area contributed by atoms with E-state index in [0.717, 1.165) is 37.9 Å². The lowest BCUT2D eigenvalue weighted by molar-refractivity contribution is 0.0249. The van der Waals surface area contributed by atoms with Gasteiger partial charge in [-0.25, -0.2) is 0 Å². The topological polar surface area (TPSA) is 50.1 Å². The Morgan fingerprint density at radius 1 is 1.35 bits per heavy atom. The van der Waals surface area contributed by atoms with Crippen molar-refractivity contribution in [1.82, 2.24) is 15.1 Å². The summed E-state index contributed by atoms with van der Waals surface area (Å²) in [5.41, 5.74) is 0.664. The number of aromatic nitrogens is 2. The maximum absolute atomic E-state index is 10.5. The highest BCUT2D eigenvalue weighted by Gasteiger charge is 2.27. The minimum atomic E-state index is -0.491. The maximum Gasteiger partial charge on any atom is 0.0771 e. The Labute approximate surface area is 103 Å². The van der Waals surface area contributed by atoms with Crippen LogP contribution in [0.4, 0.5) is 0 Å². The van der Waals surface area contributed by atoms with Crippen LogP contribution in [-0.4, -0.2) is 27.0 Å². The molecule has 0 unspecified atom stereocenters. The third-order valence-electron chi connectivity index (χ3n) is 3.72. The van der Waals surface area contributed by atoms with Gasteiger partial charge in [-0.3, -0.25) is 4.68 Å². The van der Waals surface area contributed by atoms with Crippen molar-refractivity contribution >= 4 is 0 Å². The van der Waals surface area contributed by atoms with Crippen LogP contribution in [0.5, 0.6) is 0 Å². The van der Waals surface area contributed by atoms with E-state index in [9.17, 15) is 5.11 Å². The quantitative estimate of drug-likeness (QED) is 0.782. The molecule has 2 rings (SSSR count). The first-order chi connectivity index (χ1) is 8.20. The Bertz CT molecular complexity index is 340. The van der Waals surface area contributed by atoms with Crippen molar-refractivity contribution in [2.45, 2.75) is 50.7 Å². The molecule has 0 aliphatic heterocycles. The summed E-state index contributed by atoms with van der Waals surface area (Å²) in [6.45, 7) is 1.47. The van der Waals surface area contributed by atoms with Gasteiger partial charge in [-0.05, 0) is 18.9 Å². The lowest BCUT2D eigenvalue weighted by Gasteiger charge is -2.26. The number of hydrogen-bond acceptors (Lipinski definition) is 3. The lowest BCUT2D eigenvalue weighted by Crippen LogP contribution is -2.40. The maximum atomic E-state index is 10.5.